The lowest BCUT2D eigenvalue weighted by Gasteiger charge is -2.42. The van der Waals surface area contributed by atoms with Crippen molar-refractivity contribution in [2.45, 2.75) is 44.7 Å². The Kier molecular flexibility index (Phi) is 3.89. The number of nitrogens with zero attached hydrogens (tertiary/aromatic N) is 1. The molecule has 0 spiro atoms. The minimum absolute atomic E-state index is 0.182. The Balaban J connectivity index is 2.11. The van der Waals surface area contributed by atoms with E-state index < -0.39 is 0 Å². The maximum atomic E-state index is 6.09. The number of nitrogens with two attached hydrogens (primary N) is 1. The van der Waals surface area contributed by atoms with Gasteiger partial charge in [-0.1, -0.05) is 19.8 Å². The minimum Gasteiger partial charge on any atom is -0.468 e. The molecule has 3 nitrogen and oxygen atoms in total. The predicted molar refractivity (Wildman–Crippen MR) is 69.6 cm³/mol. The summed E-state index contributed by atoms with van der Waals surface area (Å²) in [6, 6.07) is 3.99. The monoisotopic (exact) mass is 236 g/mol. The molecule has 2 atom stereocenters. The van der Waals surface area contributed by atoms with Crippen LogP contribution in [0.1, 0.15) is 38.4 Å². The van der Waals surface area contributed by atoms with Gasteiger partial charge in [0.15, 0.2) is 0 Å². The van der Waals surface area contributed by atoms with Gasteiger partial charge in [-0.15, -0.1) is 0 Å². The first-order chi connectivity index (χ1) is 8.23. The summed E-state index contributed by atoms with van der Waals surface area (Å²) in [4.78, 5) is 2.41. The molecule has 1 saturated carbocycles. The lowest BCUT2D eigenvalue weighted by atomic mass is 9.83. The zero-order valence-electron chi connectivity index (χ0n) is 11.0. The molecular formula is C14H24N2O. The summed E-state index contributed by atoms with van der Waals surface area (Å²) in [7, 11) is 2.18. The lowest BCUT2D eigenvalue weighted by molar-refractivity contribution is 0.0684. The third kappa shape index (κ3) is 2.26. The van der Waals surface area contributed by atoms with Crippen molar-refractivity contribution in [3.8, 4) is 0 Å². The molecule has 1 heterocycles. The van der Waals surface area contributed by atoms with E-state index in [-0.39, 0.29) is 5.54 Å². The van der Waals surface area contributed by atoms with Gasteiger partial charge in [0.05, 0.1) is 12.8 Å². The fourth-order valence-electron chi connectivity index (χ4n) is 3.43. The molecule has 0 aromatic carbocycles. The van der Waals surface area contributed by atoms with E-state index in [0.29, 0.717) is 0 Å². The van der Waals surface area contributed by atoms with Crippen LogP contribution in [0.3, 0.4) is 0 Å². The van der Waals surface area contributed by atoms with E-state index in [4.69, 9.17) is 10.2 Å². The zero-order valence-corrected chi connectivity index (χ0v) is 11.0. The van der Waals surface area contributed by atoms with Crippen LogP contribution in [0.5, 0.6) is 0 Å². The van der Waals surface area contributed by atoms with Gasteiger partial charge in [0.2, 0.25) is 0 Å². The van der Waals surface area contributed by atoms with Gasteiger partial charge in [0, 0.05) is 12.1 Å². The Labute approximate surface area is 104 Å². The normalized spacial score (nSPS) is 29.1. The number of furan rings is 1. The van der Waals surface area contributed by atoms with Crippen LogP contribution in [-0.4, -0.2) is 24.0 Å². The number of hydrogen-bond donors (Lipinski definition) is 1. The second kappa shape index (κ2) is 5.23. The maximum absolute atomic E-state index is 6.09. The molecular weight excluding hydrogens is 212 g/mol. The molecule has 1 aromatic rings. The van der Waals surface area contributed by atoms with Gasteiger partial charge in [-0.05, 0) is 37.9 Å². The maximum Gasteiger partial charge on any atom is 0.117 e. The van der Waals surface area contributed by atoms with Crippen LogP contribution in [-0.2, 0) is 6.54 Å². The molecule has 2 unspecified atom stereocenters. The number of hydrogen-bond acceptors (Lipinski definition) is 3. The Hall–Kier alpha value is -0.800. The SMILES string of the molecule is CCC1CCCC1(CN)N(C)Cc1ccco1. The molecule has 1 aliphatic rings. The first kappa shape index (κ1) is 12.7. The highest BCUT2D eigenvalue weighted by atomic mass is 16.3. The molecule has 1 fully saturated rings. The van der Waals surface area contributed by atoms with Crippen molar-refractivity contribution in [1.82, 2.24) is 4.90 Å². The fourth-order valence-corrected chi connectivity index (χ4v) is 3.43. The average Bonchev–Trinajstić information content (AvgIpc) is 2.96. The molecule has 0 bridgehead atoms. The van der Waals surface area contributed by atoms with Crippen LogP contribution in [0.15, 0.2) is 22.8 Å². The highest BCUT2D eigenvalue weighted by Crippen LogP contribution is 2.41. The molecule has 1 aromatic heterocycles. The first-order valence-electron chi connectivity index (χ1n) is 6.66. The summed E-state index contributed by atoms with van der Waals surface area (Å²) >= 11 is 0. The first-order valence-corrected chi connectivity index (χ1v) is 6.66. The van der Waals surface area contributed by atoms with E-state index in [9.17, 15) is 0 Å². The quantitative estimate of drug-likeness (QED) is 0.854. The molecule has 96 valence electrons. The molecule has 0 aliphatic heterocycles. The average molecular weight is 236 g/mol. The fraction of sp³-hybridized carbons (Fsp3) is 0.714. The van der Waals surface area contributed by atoms with E-state index in [1.807, 2.05) is 12.1 Å². The van der Waals surface area contributed by atoms with Crippen LogP contribution in [0, 0.1) is 5.92 Å². The standard InChI is InChI=1S/C14H24N2O/c1-3-12-6-4-8-14(12,11-15)16(2)10-13-7-5-9-17-13/h5,7,9,12H,3-4,6,8,10-11,15H2,1-2H3. The highest BCUT2D eigenvalue weighted by molar-refractivity contribution is 5.04. The van der Waals surface area contributed by atoms with Crippen molar-refractivity contribution < 1.29 is 4.42 Å². The van der Waals surface area contributed by atoms with Gasteiger partial charge in [-0.3, -0.25) is 4.90 Å². The van der Waals surface area contributed by atoms with Gasteiger partial charge in [-0.25, -0.2) is 0 Å². The van der Waals surface area contributed by atoms with Crippen LogP contribution < -0.4 is 5.73 Å². The Morgan fingerprint density at radius 3 is 3.00 bits per heavy atom. The third-order valence-electron chi connectivity index (χ3n) is 4.50. The van der Waals surface area contributed by atoms with Crippen molar-refractivity contribution in [1.29, 1.82) is 0 Å². The van der Waals surface area contributed by atoms with Crippen molar-refractivity contribution >= 4 is 0 Å². The smallest absolute Gasteiger partial charge is 0.117 e. The minimum atomic E-state index is 0.182. The van der Waals surface area contributed by atoms with Crippen LogP contribution in [0.4, 0.5) is 0 Å². The molecule has 2 N–H and O–H groups in total. The van der Waals surface area contributed by atoms with Gasteiger partial charge < -0.3 is 10.2 Å². The molecule has 3 heteroatoms. The van der Waals surface area contributed by atoms with Crippen molar-refractivity contribution in [3.63, 3.8) is 0 Å². The molecule has 0 amide bonds. The molecule has 1 aliphatic carbocycles. The highest BCUT2D eigenvalue weighted by Gasteiger charge is 2.43. The molecule has 0 saturated heterocycles. The van der Waals surface area contributed by atoms with E-state index >= 15 is 0 Å². The van der Waals surface area contributed by atoms with Gasteiger partial charge >= 0.3 is 0 Å². The molecule has 0 radical (unpaired) electrons. The van der Waals surface area contributed by atoms with Crippen LogP contribution >= 0.6 is 0 Å². The van der Waals surface area contributed by atoms with Gasteiger partial charge in [0.25, 0.3) is 0 Å². The van der Waals surface area contributed by atoms with Crippen molar-refractivity contribution in [2.75, 3.05) is 13.6 Å². The number of rotatable bonds is 5. The van der Waals surface area contributed by atoms with Crippen LogP contribution in [0.2, 0.25) is 0 Å². The second-order valence-electron chi connectivity index (χ2n) is 5.24. The van der Waals surface area contributed by atoms with E-state index in [2.05, 4.69) is 18.9 Å². The summed E-state index contributed by atoms with van der Waals surface area (Å²) < 4.78 is 5.44. The second-order valence-corrected chi connectivity index (χ2v) is 5.24. The Morgan fingerprint density at radius 2 is 2.41 bits per heavy atom. The predicted octanol–water partition coefficient (Wildman–Crippen LogP) is 2.62. The molecule has 2 rings (SSSR count). The summed E-state index contributed by atoms with van der Waals surface area (Å²) in [6.07, 6.45) is 6.80. The molecule has 17 heavy (non-hydrogen) atoms. The Bertz CT molecular complexity index is 336. The summed E-state index contributed by atoms with van der Waals surface area (Å²) in [5.74, 6) is 1.76. The van der Waals surface area contributed by atoms with Crippen LogP contribution in [0.25, 0.3) is 0 Å². The van der Waals surface area contributed by atoms with E-state index in [1.54, 1.807) is 6.26 Å². The van der Waals surface area contributed by atoms with Crippen molar-refractivity contribution in [3.05, 3.63) is 24.2 Å². The summed E-state index contributed by atoms with van der Waals surface area (Å²) in [5, 5.41) is 0. The van der Waals surface area contributed by atoms with E-state index in [1.165, 1.54) is 25.7 Å². The number of likely N-dealkylation sites (N-methyl/N-ethyl adjacent to an activating group) is 1. The third-order valence-corrected chi connectivity index (χ3v) is 4.50. The summed E-state index contributed by atoms with van der Waals surface area (Å²) in [5.41, 5.74) is 6.27. The van der Waals surface area contributed by atoms with Crippen molar-refractivity contribution in [2.24, 2.45) is 11.7 Å². The largest absolute Gasteiger partial charge is 0.468 e. The van der Waals surface area contributed by atoms with Gasteiger partial charge in [-0.2, -0.15) is 0 Å². The summed E-state index contributed by atoms with van der Waals surface area (Å²) in [6.45, 7) is 3.89. The lowest BCUT2D eigenvalue weighted by Crippen LogP contribution is -2.54. The zero-order chi connectivity index (χ0) is 12.3. The Morgan fingerprint density at radius 1 is 1.59 bits per heavy atom. The van der Waals surface area contributed by atoms with Gasteiger partial charge in [0.1, 0.15) is 5.76 Å². The topological polar surface area (TPSA) is 42.4 Å². The van der Waals surface area contributed by atoms with E-state index in [0.717, 1.165) is 24.8 Å².